The number of nitrogens with one attached hydrogen (secondary N) is 1. The number of anilines is 3. The Morgan fingerprint density at radius 3 is 2.52 bits per heavy atom. The van der Waals surface area contributed by atoms with Crippen LogP contribution in [0.15, 0.2) is 36.5 Å². The van der Waals surface area contributed by atoms with Crippen molar-refractivity contribution in [2.45, 2.75) is 52.0 Å². The summed E-state index contributed by atoms with van der Waals surface area (Å²) >= 11 is 0. The van der Waals surface area contributed by atoms with Crippen LogP contribution in [0.3, 0.4) is 0 Å². The van der Waals surface area contributed by atoms with E-state index in [2.05, 4.69) is 35.1 Å². The number of aromatic nitrogens is 1. The Labute approximate surface area is 195 Å². The van der Waals surface area contributed by atoms with Gasteiger partial charge in [0.05, 0.1) is 29.7 Å². The average molecular weight is 455 g/mol. The van der Waals surface area contributed by atoms with E-state index in [9.17, 15) is 14.7 Å². The Balaban J connectivity index is 2.00. The first-order valence-corrected chi connectivity index (χ1v) is 11.5. The summed E-state index contributed by atoms with van der Waals surface area (Å²) in [6, 6.07) is 9.85. The maximum absolute atomic E-state index is 11.4. The van der Waals surface area contributed by atoms with Gasteiger partial charge in [0.1, 0.15) is 5.69 Å². The van der Waals surface area contributed by atoms with Crippen LogP contribution in [0, 0.1) is 5.92 Å². The molecular weight excluding hydrogens is 420 g/mol. The average Bonchev–Trinajstić information content (AvgIpc) is 2.78. The van der Waals surface area contributed by atoms with Crippen molar-refractivity contribution in [1.82, 2.24) is 4.98 Å². The minimum absolute atomic E-state index is 0.0589. The third-order valence-electron chi connectivity index (χ3n) is 5.87. The summed E-state index contributed by atoms with van der Waals surface area (Å²) in [6.07, 6.45) is 3.55. The molecule has 0 unspecified atom stereocenters. The number of carbonyl (C=O) groups excluding carboxylic acids is 1. The number of pyridine rings is 1. The molecule has 1 aromatic heterocycles. The molecule has 4 N–H and O–H groups in total. The van der Waals surface area contributed by atoms with Crippen LogP contribution in [0.4, 0.5) is 17.1 Å². The molecule has 1 aliphatic heterocycles. The fourth-order valence-corrected chi connectivity index (χ4v) is 4.19. The molecule has 1 atom stereocenters. The second-order valence-corrected chi connectivity index (χ2v) is 9.09. The molecule has 3 rings (SSSR count). The summed E-state index contributed by atoms with van der Waals surface area (Å²) in [7, 11) is 0. The zero-order chi connectivity index (χ0) is 24.0. The smallest absolute Gasteiger partial charge is 0.303 e. The van der Waals surface area contributed by atoms with E-state index in [1.54, 1.807) is 18.3 Å². The Kier molecular flexibility index (Phi) is 8.27. The zero-order valence-electron chi connectivity index (χ0n) is 19.6. The normalized spacial score (nSPS) is 15.3. The van der Waals surface area contributed by atoms with Gasteiger partial charge in [-0.25, -0.2) is 4.98 Å². The van der Waals surface area contributed by atoms with Crippen LogP contribution in [0.1, 0.15) is 62.0 Å². The number of nitrogens with two attached hydrogens (primary N) is 1. The lowest BCUT2D eigenvalue weighted by Gasteiger charge is -2.38. The number of hydrogen-bond acceptors (Lipinski definition) is 6. The highest BCUT2D eigenvalue weighted by atomic mass is 16.5. The quantitative estimate of drug-likeness (QED) is 0.494. The Morgan fingerprint density at radius 2 is 1.94 bits per heavy atom. The van der Waals surface area contributed by atoms with Crippen molar-refractivity contribution in [3.63, 3.8) is 0 Å². The lowest BCUT2D eigenvalue weighted by atomic mass is 9.95. The highest BCUT2D eigenvalue weighted by Gasteiger charge is 2.25. The van der Waals surface area contributed by atoms with Crippen LogP contribution >= 0.6 is 0 Å². The van der Waals surface area contributed by atoms with E-state index in [-0.39, 0.29) is 18.0 Å². The standard InChI is InChI=1S/C25H34N4O4/c1-16(2)15-29(20-8-10-33-11-9-20)23-7-4-18(17(3)12-24(30)31)13-22(23)28-19-5-6-21(25(26)32)27-14-19/h4-7,13-14,16-17,20,28H,8-12,15H2,1-3H3,(H2,26,32)(H,30,31)/t17-/m1/s1. The molecule has 8 heteroatoms. The summed E-state index contributed by atoms with van der Waals surface area (Å²) in [4.78, 5) is 29.2. The summed E-state index contributed by atoms with van der Waals surface area (Å²) in [5.74, 6) is -1.07. The van der Waals surface area contributed by atoms with E-state index < -0.39 is 11.9 Å². The summed E-state index contributed by atoms with van der Waals surface area (Å²) in [5, 5.41) is 12.7. The molecule has 1 saturated heterocycles. The van der Waals surface area contributed by atoms with Gasteiger partial charge in [0, 0.05) is 25.8 Å². The molecule has 1 fully saturated rings. The molecule has 178 valence electrons. The predicted octanol–water partition coefficient (Wildman–Crippen LogP) is 4.14. The molecule has 8 nitrogen and oxygen atoms in total. The van der Waals surface area contributed by atoms with Crippen molar-refractivity contribution in [3.05, 3.63) is 47.8 Å². The van der Waals surface area contributed by atoms with Crippen LogP contribution in [-0.4, -0.2) is 47.8 Å². The van der Waals surface area contributed by atoms with Gasteiger partial charge in [-0.1, -0.05) is 26.8 Å². The molecule has 1 aromatic carbocycles. The van der Waals surface area contributed by atoms with Gasteiger partial charge in [-0.05, 0) is 54.5 Å². The molecule has 1 amide bonds. The van der Waals surface area contributed by atoms with Crippen molar-refractivity contribution < 1.29 is 19.4 Å². The summed E-state index contributed by atoms with van der Waals surface area (Å²) in [6.45, 7) is 8.70. The number of primary amides is 1. The second-order valence-electron chi connectivity index (χ2n) is 9.09. The lowest BCUT2D eigenvalue weighted by Crippen LogP contribution is -2.42. The predicted molar refractivity (Wildman–Crippen MR) is 129 cm³/mol. The van der Waals surface area contributed by atoms with Crippen LogP contribution in [0.25, 0.3) is 0 Å². The maximum Gasteiger partial charge on any atom is 0.303 e. The molecule has 2 aromatic rings. The number of nitrogens with zero attached hydrogens (tertiary/aromatic N) is 2. The number of rotatable bonds is 10. The van der Waals surface area contributed by atoms with Crippen LogP contribution in [0.5, 0.6) is 0 Å². The highest BCUT2D eigenvalue weighted by Crippen LogP contribution is 2.36. The van der Waals surface area contributed by atoms with Crippen LogP contribution in [0.2, 0.25) is 0 Å². The molecule has 1 aliphatic rings. The number of ether oxygens (including phenoxy) is 1. The number of carboxylic acid groups (broad SMARTS) is 1. The van der Waals surface area contributed by atoms with E-state index in [0.717, 1.165) is 55.2 Å². The van der Waals surface area contributed by atoms with E-state index in [1.807, 2.05) is 19.1 Å². The topological polar surface area (TPSA) is 118 Å². The number of amides is 1. The van der Waals surface area contributed by atoms with Gasteiger partial charge in [0.2, 0.25) is 0 Å². The van der Waals surface area contributed by atoms with Crippen molar-refractivity contribution in [2.24, 2.45) is 11.7 Å². The van der Waals surface area contributed by atoms with Gasteiger partial charge in [-0.2, -0.15) is 0 Å². The van der Waals surface area contributed by atoms with E-state index in [1.165, 1.54) is 0 Å². The van der Waals surface area contributed by atoms with E-state index in [4.69, 9.17) is 10.5 Å². The number of aliphatic carboxylic acids is 1. The molecular formula is C25H34N4O4. The van der Waals surface area contributed by atoms with E-state index >= 15 is 0 Å². The Hall–Kier alpha value is -3.13. The fourth-order valence-electron chi connectivity index (χ4n) is 4.19. The Bertz CT molecular complexity index is 955. The van der Waals surface area contributed by atoms with Gasteiger partial charge in [-0.15, -0.1) is 0 Å². The highest BCUT2D eigenvalue weighted by molar-refractivity contribution is 5.91. The molecule has 33 heavy (non-hydrogen) atoms. The summed E-state index contributed by atoms with van der Waals surface area (Å²) in [5.41, 5.74) is 9.12. The SMILES string of the molecule is CC(C)CN(c1ccc([C@H](C)CC(=O)O)cc1Nc1ccc(C(N)=O)nc1)C1CCOCC1. The van der Waals surface area contributed by atoms with Gasteiger partial charge in [0.25, 0.3) is 5.91 Å². The minimum Gasteiger partial charge on any atom is -0.481 e. The second kappa shape index (κ2) is 11.1. The molecule has 0 radical (unpaired) electrons. The molecule has 0 spiro atoms. The molecule has 0 aliphatic carbocycles. The minimum atomic E-state index is -0.823. The zero-order valence-corrected chi connectivity index (χ0v) is 19.6. The first-order chi connectivity index (χ1) is 15.7. The summed E-state index contributed by atoms with van der Waals surface area (Å²) < 4.78 is 5.59. The maximum atomic E-state index is 11.4. The third-order valence-corrected chi connectivity index (χ3v) is 5.87. The van der Waals surface area contributed by atoms with Crippen LogP contribution in [-0.2, 0) is 9.53 Å². The monoisotopic (exact) mass is 454 g/mol. The Morgan fingerprint density at radius 1 is 1.21 bits per heavy atom. The largest absolute Gasteiger partial charge is 0.481 e. The number of carboxylic acids is 1. The van der Waals surface area contributed by atoms with Crippen molar-refractivity contribution >= 4 is 28.9 Å². The van der Waals surface area contributed by atoms with Gasteiger partial charge >= 0.3 is 5.97 Å². The first-order valence-electron chi connectivity index (χ1n) is 11.5. The van der Waals surface area contributed by atoms with Crippen LogP contribution < -0.4 is 16.0 Å². The third kappa shape index (κ3) is 6.68. The van der Waals surface area contributed by atoms with Gasteiger partial charge in [-0.3, -0.25) is 9.59 Å². The van der Waals surface area contributed by atoms with Crippen molar-refractivity contribution in [3.8, 4) is 0 Å². The first kappa shape index (κ1) is 24.5. The van der Waals surface area contributed by atoms with Gasteiger partial charge < -0.3 is 25.8 Å². The fraction of sp³-hybridized carbons (Fsp3) is 0.480. The number of carbonyl (C=O) groups is 2. The molecule has 0 saturated carbocycles. The number of benzene rings is 1. The van der Waals surface area contributed by atoms with Crippen molar-refractivity contribution in [2.75, 3.05) is 30.0 Å². The van der Waals surface area contributed by atoms with Crippen molar-refractivity contribution in [1.29, 1.82) is 0 Å². The van der Waals surface area contributed by atoms with E-state index in [0.29, 0.717) is 12.0 Å². The van der Waals surface area contributed by atoms with Gasteiger partial charge in [0.15, 0.2) is 0 Å². The molecule has 0 bridgehead atoms. The molecule has 2 heterocycles. The number of hydrogen-bond donors (Lipinski definition) is 3. The lowest BCUT2D eigenvalue weighted by molar-refractivity contribution is -0.137.